The van der Waals surface area contributed by atoms with Crippen molar-refractivity contribution in [1.82, 2.24) is 0 Å². The van der Waals surface area contributed by atoms with Crippen molar-refractivity contribution >= 4 is 15.8 Å². The summed E-state index contributed by atoms with van der Waals surface area (Å²) in [6.45, 7) is 0. The van der Waals surface area contributed by atoms with Crippen LogP contribution in [0.2, 0.25) is 0 Å². The highest BCUT2D eigenvalue weighted by molar-refractivity contribution is 7.91. The lowest BCUT2D eigenvalue weighted by Gasteiger charge is -2.12. The van der Waals surface area contributed by atoms with Crippen molar-refractivity contribution in [3.05, 3.63) is 59.7 Å². The molecule has 1 heterocycles. The van der Waals surface area contributed by atoms with Crippen molar-refractivity contribution < 1.29 is 22.7 Å². The molecular weight excluding hydrogens is 304 g/mol. The fraction of sp³-hybridized carbons (Fsp3) is 0.188. The fourth-order valence-electron chi connectivity index (χ4n) is 2.42. The van der Waals surface area contributed by atoms with Gasteiger partial charge in [0, 0.05) is 5.56 Å². The lowest BCUT2D eigenvalue weighted by atomic mass is 10.1. The molecule has 0 spiro atoms. The molecule has 0 aromatic heterocycles. The van der Waals surface area contributed by atoms with Gasteiger partial charge in [-0.1, -0.05) is 18.2 Å². The van der Waals surface area contributed by atoms with E-state index in [0.29, 0.717) is 16.9 Å². The monoisotopic (exact) mass is 318 g/mol. The number of benzene rings is 2. The summed E-state index contributed by atoms with van der Waals surface area (Å²) in [6, 6.07) is 13.0. The Morgan fingerprint density at radius 3 is 2.55 bits per heavy atom. The van der Waals surface area contributed by atoms with Crippen LogP contribution in [0, 0.1) is 0 Å². The number of carbonyl (C=O) groups is 1. The van der Waals surface area contributed by atoms with Crippen LogP contribution in [0.5, 0.6) is 5.75 Å². The molecule has 0 bridgehead atoms. The molecule has 5 nitrogen and oxygen atoms in total. The average Bonchev–Trinajstić information content (AvgIpc) is 2.83. The van der Waals surface area contributed by atoms with Crippen LogP contribution in [-0.4, -0.2) is 27.2 Å². The first-order valence-corrected chi connectivity index (χ1v) is 8.33. The van der Waals surface area contributed by atoms with E-state index in [4.69, 9.17) is 9.47 Å². The Hall–Kier alpha value is -2.34. The number of fused-ring (bicyclic) bond motifs is 1. The molecule has 0 saturated heterocycles. The van der Waals surface area contributed by atoms with E-state index in [2.05, 4.69) is 0 Å². The van der Waals surface area contributed by atoms with E-state index in [1.54, 1.807) is 36.4 Å². The van der Waals surface area contributed by atoms with Crippen LogP contribution in [0.25, 0.3) is 0 Å². The minimum absolute atomic E-state index is 0.211. The van der Waals surface area contributed by atoms with Crippen molar-refractivity contribution in [2.45, 2.75) is 11.0 Å². The topological polar surface area (TPSA) is 69.7 Å². The summed E-state index contributed by atoms with van der Waals surface area (Å²) in [5, 5.41) is 0. The molecule has 1 aliphatic rings. The number of rotatable bonds is 4. The Morgan fingerprint density at radius 2 is 1.86 bits per heavy atom. The van der Waals surface area contributed by atoms with Gasteiger partial charge in [0.05, 0.1) is 23.3 Å². The summed E-state index contributed by atoms with van der Waals surface area (Å²) in [6.07, 6.45) is -0.817. The number of carbonyl (C=O) groups excluding carboxylic acids is 1. The van der Waals surface area contributed by atoms with Crippen molar-refractivity contribution in [3.63, 3.8) is 0 Å². The minimum Gasteiger partial charge on any atom is -0.497 e. The molecule has 3 rings (SSSR count). The van der Waals surface area contributed by atoms with Gasteiger partial charge < -0.3 is 9.47 Å². The first kappa shape index (κ1) is 14.6. The predicted octanol–water partition coefficient (Wildman–Crippen LogP) is 2.38. The molecule has 1 atom stereocenters. The highest BCUT2D eigenvalue weighted by Crippen LogP contribution is 2.35. The van der Waals surface area contributed by atoms with Crippen molar-refractivity contribution in [2.75, 3.05) is 12.9 Å². The number of methoxy groups -OCH3 is 1. The summed E-state index contributed by atoms with van der Waals surface area (Å²) < 4.78 is 35.2. The van der Waals surface area contributed by atoms with Gasteiger partial charge in [0.15, 0.2) is 9.84 Å². The zero-order chi connectivity index (χ0) is 15.7. The van der Waals surface area contributed by atoms with Gasteiger partial charge in [0.1, 0.15) is 11.9 Å². The molecule has 0 N–H and O–H groups in total. The average molecular weight is 318 g/mol. The van der Waals surface area contributed by atoms with Gasteiger partial charge in [0.25, 0.3) is 0 Å². The molecule has 0 amide bonds. The summed E-state index contributed by atoms with van der Waals surface area (Å²) in [4.78, 5) is 12.1. The molecule has 2 aromatic carbocycles. The maximum Gasteiger partial charge on any atom is 0.339 e. The van der Waals surface area contributed by atoms with E-state index in [-0.39, 0.29) is 10.6 Å². The van der Waals surface area contributed by atoms with E-state index in [1.165, 1.54) is 19.2 Å². The molecule has 0 aliphatic carbocycles. The first-order chi connectivity index (χ1) is 10.5. The number of hydrogen-bond acceptors (Lipinski definition) is 5. The summed E-state index contributed by atoms with van der Waals surface area (Å²) in [5.74, 6) is -0.242. The third-order valence-corrected chi connectivity index (χ3v) is 5.28. The Morgan fingerprint density at radius 1 is 1.14 bits per heavy atom. The SMILES string of the molecule is COc1ccc2c(c1)C(CS(=O)(=O)c1ccccc1)OC2=O. The highest BCUT2D eigenvalue weighted by Gasteiger charge is 2.35. The van der Waals surface area contributed by atoms with Gasteiger partial charge in [0.2, 0.25) is 0 Å². The van der Waals surface area contributed by atoms with Crippen molar-refractivity contribution in [2.24, 2.45) is 0 Å². The summed E-state index contributed by atoms with van der Waals surface area (Å²) in [5.41, 5.74) is 0.929. The Labute approximate surface area is 128 Å². The van der Waals surface area contributed by atoms with Crippen LogP contribution in [0.3, 0.4) is 0 Å². The van der Waals surface area contributed by atoms with Gasteiger partial charge in [-0.3, -0.25) is 0 Å². The first-order valence-electron chi connectivity index (χ1n) is 6.68. The third kappa shape index (κ3) is 2.57. The molecule has 114 valence electrons. The third-order valence-electron chi connectivity index (χ3n) is 3.55. The Balaban J connectivity index is 1.94. The van der Waals surface area contributed by atoms with Crippen LogP contribution >= 0.6 is 0 Å². The number of esters is 1. The van der Waals surface area contributed by atoms with Gasteiger partial charge in [-0.25, -0.2) is 13.2 Å². The van der Waals surface area contributed by atoms with E-state index in [1.807, 2.05) is 0 Å². The Bertz CT molecular complexity index is 812. The highest BCUT2D eigenvalue weighted by atomic mass is 32.2. The van der Waals surface area contributed by atoms with E-state index >= 15 is 0 Å². The number of hydrogen-bond donors (Lipinski definition) is 0. The zero-order valence-corrected chi connectivity index (χ0v) is 12.7. The molecule has 0 fully saturated rings. The van der Waals surface area contributed by atoms with Gasteiger partial charge in [-0.2, -0.15) is 0 Å². The van der Waals surface area contributed by atoms with Crippen LogP contribution in [0.15, 0.2) is 53.4 Å². The number of ether oxygens (including phenoxy) is 2. The Kier molecular flexibility index (Phi) is 3.62. The molecule has 0 radical (unpaired) electrons. The summed E-state index contributed by atoms with van der Waals surface area (Å²) in [7, 11) is -2.04. The maximum absolute atomic E-state index is 12.4. The smallest absolute Gasteiger partial charge is 0.339 e. The van der Waals surface area contributed by atoms with Crippen LogP contribution in [0.4, 0.5) is 0 Å². The lowest BCUT2D eigenvalue weighted by molar-refractivity contribution is 0.0427. The normalized spacial score (nSPS) is 17.0. The van der Waals surface area contributed by atoms with Crippen molar-refractivity contribution in [1.29, 1.82) is 0 Å². The van der Waals surface area contributed by atoms with Gasteiger partial charge in [-0.15, -0.1) is 0 Å². The second-order valence-corrected chi connectivity index (χ2v) is 6.98. The van der Waals surface area contributed by atoms with E-state index in [9.17, 15) is 13.2 Å². The largest absolute Gasteiger partial charge is 0.497 e. The zero-order valence-electron chi connectivity index (χ0n) is 11.9. The van der Waals surface area contributed by atoms with Crippen LogP contribution in [-0.2, 0) is 14.6 Å². The fourth-order valence-corrected chi connectivity index (χ4v) is 3.83. The minimum atomic E-state index is -3.55. The maximum atomic E-state index is 12.4. The summed E-state index contributed by atoms with van der Waals surface area (Å²) >= 11 is 0. The van der Waals surface area contributed by atoms with Crippen LogP contribution < -0.4 is 4.74 Å². The second kappa shape index (κ2) is 5.46. The molecule has 2 aromatic rings. The molecule has 22 heavy (non-hydrogen) atoms. The molecular formula is C16H14O5S. The van der Waals surface area contributed by atoms with Crippen LogP contribution in [0.1, 0.15) is 22.0 Å². The lowest BCUT2D eigenvalue weighted by Crippen LogP contribution is -2.15. The van der Waals surface area contributed by atoms with Gasteiger partial charge >= 0.3 is 5.97 Å². The molecule has 1 unspecified atom stereocenters. The second-order valence-electron chi connectivity index (χ2n) is 4.94. The molecule has 6 heteroatoms. The van der Waals surface area contributed by atoms with E-state index < -0.39 is 21.9 Å². The van der Waals surface area contributed by atoms with E-state index in [0.717, 1.165) is 0 Å². The number of sulfone groups is 1. The molecule has 1 aliphatic heterocycles. The number of cyclic esters (lactones) is 1. The standard InChI is InChI=1S/C16H14O5S/c1-20-11-7-8-13-14(9-11)15(21-16(13)17)10-22(18,19)12-5-3-2-4-6-12/h2-9,15H,10H2,1H3. The predicted molar refractivity (Wildman–Crippen MR) is 79.6 cm³/mol. The van der Waals surface area contributed by atoms with Crippen molar-refractivity contribution in [3.8, 4) is 5.75 Å². The van der Waals surface area contributed by atoms with Gasteiger partial charge in [-0.05, 0) is 30.3 Å². The molecule has 0 saturated carbocycles. The quantitative estimate of drug-likeness (QED) is 0.810.